The Morgan fingerprint density at radius 2 is 1.85 bits per heavy atom. The Kier molecular flexibility index (Phi) is 4.13. The predicted molar refractivity (Wildman–Crippen MR) is 105 cm³/mol. The van der Waals surface area contributed by atoms with E-state index in [2.05, 4.69) is 29.8 Å². The van der Waals surface area contributed by atoms with Crippen LogP contribution in [0.2, 0.25) is 0 Å². The van der Waals surface area contributed by atoms with Gasteiger partial charge in [-0.2, -0.15) is 0 Å². The lowest BCUT2D eigenvalue weighted by Gasteiger charge is -2.43. The van der Waals surface area contributed by atoms with Gasteiger partial charge in [0.1, 0.15) is 11.2 Å². The summed E-state index contributed by atoms with van der Waals surface area (Å²) >= 11 is 0. The van der Waals surface area contributed by atoms with E-state index in [-0.39, 0.29) is 11.9 Å². The molecule has 0 atom stereocenters. The Morgan fingerprint density at radius 1 is 1.15 bits per heavy atom. The van der Waals surface area contributed by atoms with Crippen molar-refractivity contribution in [2.45, 2.75) is 32.2 Å². The van der Waals surface area contributed by atoms with Gasteiger partial charge in [0.2, 0.25) is 0 Å². The van der Waals surface area contributed by atoms with Crippen LogP contribution in [0.15, 0.2) is 24.5 Å². The van der Waals surface area contributed by atoms with Crippen LogP contribution in [-0.4, -0.2) is 63.5 Å². The first-order valence-corrected chi connectivity index (χ1v) is 9.60. The Balaban J connectivity index is 1.62. The van der Waals surface area contributed by atoms with Crippen molar-refractivity contribution in [2.75, 3.05) is 31.6 Å². The maximum atomic E-state index is 13.0. The summed E-state index contributed by atoms with van der Waals surface area (Å²) in [4.78, 5) is 35.5. The summed E-state index contributed by atoms with van der Waals surface area (Å²) in [6.07, 6.45) is 5.17. The number of rotatable bonds is 3. The number of aryl methyl sites for hydroxylation is 1. The van der Waals surface area contributed by atoms with Crippen molar-refractivity contribution in [1.29, 1.82) is 0 Å². The molecule has 4 heterocycles. The van der Waals surface area contributed by atoms with Crippen LogP contribution in [0, 0.1) is 5.92 Å². The van der Waals surface area contributed by atoms with E-state index >= 15 is 0 Å². The number of hydrogen-bond donors (Lipinski definition) is 0. The highest BCUT2D eigenvalue weighted by Crippen LogP contribution is 2.39. The minimum absolute atomic E-state index is 0.0487. The van der Waals surface area contributed by atoms with E-state index in [9.17, 15) is 9.59 Å². The third kappa shape index (κ3) is 2.59. The second-order valence-corrected chi connectivity index (χ2v) is 8.16. The van der Waals surface area contributed by atoms with Crippen LogP contribution in [0.3, 0.4) is 0 Å². The number of amides is 3. The van der Waals surface area contributed by atoms with E-state index in [4.69, 9.17) is 0 Å². The van der Waals surface area contributed by atoms with Gasteiger partial charge in [0.05, 0.1) is 0 Å². The summed E-state index contributed by atoms with van der Waals surface area (Å²) in [5.74, 6) is 0.277. The van der Waals surface area contributed by atoms with Crippen LogP contribution in [0.1, 0.15) is 26.7 Å². The van der Waals surface area contributed by atoms with Crippen LogP contribution in [-0.2, 0) is 11.8 Å². The standard InChI is InChI=1S/C20H27N5O2/c1-14(2)13-25-19(27)23(4)18(26)20(25)7-11-24(12-8-20)16-5-9-21-17-15(16)6-10-22(17)3/h5-6,9-10,14H,7-8,11-13H2,1-4H3. The fraction of sp³-hybridized carbons (Fsp3) is 0.550. The molecular weight excluding hydrogens is 342 g/mol. The molecule has 7 heteroatoms. The lowest BCUT2D eigenvalue weighted by molar-refractivity contribution is -0.133. The van der Waals surface area contributed by atoms with Gasteiger partial charge in [0, 0.05) is 57.2 Å². The lowest BCUT2D eigenvalue weighted by Crippen LogP contribution is -2.57. The van der Waals surface area contributed by atoms with Crippen molar-refractivity contribution in [3.8, 4) is 0 Å². The van der Waals surface area contributed by atoms with Crippen LogP contribution in [0.4, 0.5) is 10.5 Å². The van der Waals surface area contributed by atoms with E-state index in [1.807, 2.05) is 35.0 Å². The number of likely N-dealkylation sites (N-methyl/N-ethyl adjacent to an activating group) is 1. The Hall–Kier alpha value is -2.57. The highest BCUT2D eigenvalue weighted by molar-refractivity contribution is 6.07. The van der Waals surface area contributed by atoms with Crippen LogP contribution in [0.25, 0.3) is 11.0 Å². The summed E-state index contributed by atoms with van der Waals surface area (Å²) in [6, 6.07) is 3.97. The third-order valence-electron chi connectivity index (χ3n) is 5.96. The maximum Gasteiger partial charge on any atom is 0.327 e. The SMILES string of the molecule is CC(C)CN1C(=O)N(C)C(=O)C12CCN(c1ccnc3c1ccn3C)CC2. The van der Waals surface area contributed by atoms with Crippen molar-refractivity contribution in [2.24, 2.45) is 13.0 Å². The first-order chi connectivity index (χ1) is 12.8. The van der Waals surface area contributed by atoms with E-state index < -0.39 is 5.54 Å². The first kappa shape index (κ1) is 17.8. The normalized spacial score (nSPS) is 20.0. The number of aromatic nitrogens is 2. The molecule has 0 aromatic carbocycles. The molecule has 0 saturated carbocycles. The van der Waals surface area contributed by atoms with E-state index in [1.165, 1.54) is 4.90 Å². The average molecular weight is 369 g/mol. The zero-order valence-electron chi connectivity index (χ0n) is 16.5. The summed E-state index contributed by atoms with van der Waals surface area (Å²) in [7, 11) is 3.60. The molecule has 3 amide bonds. The molecule has 0 aliphatic carbocycles. The summed E-state index contributed by atoms with van der Waals surface area (Å²) < 4.78 is 2.02. The van der Waals surface area contributed by atoms with Crippen molar-refractivity contribution < 1.29 is 9.59 Å². The molecule has 0 bridgehead atoms. The molecule has 2 aliphatic heterocycles. The second-order valence-electron chi connectivity index (χ2n) is 8.16. The van der Waals surface area contributed by atoms with Gasteiger partial charge in [0.25, 0.3) is 5.91 Å². The van der Waals surface area contributed by atoms with Crippen molar-refractivity contribution in [3.05, 3.63) is 24.5 Å². The summed E-state index contributed by atoms with van der Waals surface area (Å²) in [5, 5.41) is 1.13. The summed E-state index contributed by atoms with van der Waals surface area (Å²) in [6.45, 7) is 6.28. The molecule has 2 aromatic heterocycles. The van der Waals surface area contributed by atoms with Gasteiger partial charge >= 0.3 is 6.03 Å². The smallest absolute Gasteiger partial charge is 0.327 e. The number of carbonyl (C=O) groups excluding carboxylic acids is 2. The minimum atomic E-state index is -0.685. The minimum Gasteiger partial charge on any atom is -0.371 e. The number of urea groups is 1. The number of piperidine rings is 1. The van der Waals surface area contributed by atoms with Crippen molar-refractivity contribution >= 4 is 28.7 Å². The molecule has 27 heavy (non-hydrogen) atoms. The second kappa shape index (κ2) is 6.25. The fourth-order valence-corrected chi connectivity index (χ4v) is 4.52. The quantitative estimate of drug-likeness (QED) is 0.780. The average Bonchev–Trinajstić information content (AvgIpc) is 3.11. The predicted octanol–water partition coefficient (Wildman–Crippen LogP) is 2.46. The topological polar surface area (TPSA) is 61.7 Å². The number of anilines is 1. The van der Waals surface area contributed by atoms with Crippen LogP contribution in [0.5, 0.6) is 0 Å². The van der Waals surface area contributed by atoms with Crippen LogP contribution < -0.4 is 4.90 Å². The molecule has 7 nitrogen and oxygen atoms in total. The molecule has 0 radical (unpaired) electrons. The van der Waals surface area contributed by atoms with Gasteiger partial charge in [-0.05, 0) is 30.9 Å². The number of imide groups is 1. The summed E-state index contributed by atoms with van der Waals surface area (Å²) in [5.41, 5.74) is 1.42. The number of fused-ring (bicyclic) bond motifs is 1. The van der Waals surface area contributed by atoms with Crippen molar-refractivity contribution in [1.82, 2.24) is 19.4 Å². The fourth-order valence-electron chi connectivity index (χ4n) is 4.52. The number of carbonyl (C=O) groups is 2. The first-order valence-electron chi connectivity index (χ1n) is 9.60. The van der Waals surface area contributed by atoms with Gasteiger partial charge < -0.3 is 14.4 Å². The molecule has 2 aliphatic rings. The Labute approximate surface area is 159 Å². The van der Waals surface area contributed by atoms with Gasteiger partial charge in [-0.1, -0.05) is 13.8 Å². The van der Waals surface area contributed by atoms with Gasteiger partial charge in [0.15, 0.2) is 0 Å². The third-order valence-corrected chi connectivity index (χ3v) is 5.96. The molecule has 2 aromatic rings. The monoisotopic (exact) mass is 369 g/mol. The number of nitrogens with zero attached hydrogens (tertiary/aromatic N) is 5. The lowest BCUT2D eigenvalue weighted by atomic mass is 9.85. The van der Waals surface area contributed by atoms with Gasteiger partial charge in [-0.15, -0.1) is 0 Å². The molecule has 144 valence electrons. The zero-order valence-corrected chi connectivity index (χ0v) is 16.5. The van der Waals surface area contributed by atoms with Crippen molar-refractivity contribution in [3.63, 3.8) is 0 Å². The largest absolute Gasteiger partial charge is 0.371 e. The number of hydrogen-bond acceptors (Lipinski definition) is 4. The molecular formula is C20H27N5O2. The highest BCUT2D eigenvalue weighted by Gasteiger charge is 2.56. The molecule has 0 unspecified atom stereocenters. The molecule has 2 saturated heterocycles. The highest BCUT2D eigenvalue weighted by atomic mass is 16.2. The number of pyridine rings is 1. The Morgan fingerprint density at radius 3 is 2.52 bits per heavy atom. The van der Waals surface area contributed by atoms with E-state index in [0.29, 0.717) is 25.3 Å². The molecule has 1 spiro atoms. The van der Waals surface area contributed by atoms with Gasteiger partial charge in [-0.3, -0.25) is 9.69 Å². The van der Waals surface area contributed by atoms with E-state index in [0.717, 1.165) is 29.8 Å². The Bertz CT molecular complexity index is 895. The van der Waals surface area contributed by atoms with Gasteiger partial charge in [-0.25, -0.2) is 9.78 Å². The molecule has 2 fully saturated rings. The van der Waals surface area contributed by atoms with E-state index in [1.54, 1.807) is 7.05 Å². The molecule has 4 rings (SSSR count). The maximum absolute atomic E-state index is 13.0. The molecule has 0 N–H and O–H groups in total. The van der Waals surface area contributed by atoms with Crippen LogP contribution >= 0.6 is 0 Å². The zero-order chi connectivity index (χ0) is 19.3.